The summed E-state index contributed by atoms with van der Waals surface area (Å²) in [6.07, 6.45) is 6.22. The summed E-state index contributed by atoms with van der Waals surface area (Å²) in [7, 11) is 0. The first-order valence-corrected chi connectivity index (χ1v) is 6.88. The first-order chi connectivity index (χ1) is 10.2. The molecule has 3 aromatic rings. The van der Waals surface area contributed by atoms with E-state index in [4.69, 9.17) is 0 Å². The van der Waals surface area contributed by atoms with Crippen LogP contribution in [-0.4, -0.2) is 20.3 Å². The number of carbonyl (C=O) groups is 1. The summed E-state index contributed by atoms with van der Waals surface area (Å²) in [5.74, 6) is 0.505. The van der Waals surface area contributed by atoms with E-state index in [1.54, 1.807) is 6.20 Å². The number of hydrogen-bond donors (Lipinski definition) is 1. The lowest BCUT2D eigenvalue weighted by atomic mass is 10.1. The molecule has 0 aliphatic heterocycles. The van der Waals surface area contributed by atoms with Crippen molar-refractivity contribution in [2.24, 2.45) is 0 Å². The van der Waals surface area contributed by atoms with Gasteiger partial charge in [0.05, 0.1) is 17.6 Å². The van der Waals surface area contributed by atoms with Crippen molar-refractivity contribution in [2.45, 2.75) is 20.3 Å². The van der Waals surface area contributed by atoms with Crippen molar-refractivity contribution < 1.29 is 4.79 Å². The molecule has 0 saturated heterocycles. The SMILES string of the molecule is CCc1cn2cc(NC(=O)c3ccccc3C)cnc2n1. The second-order valence-corrected chi connectivity index (χ2v) is 4.90. The van der Waals surface area contributed by atoms with Crippen LogP contribution in [0.25, 0.3) is 5.78 Å². The maximum absolute atomic E-state index is 12.3. The van der Waals surface area contributed by atoms with E-state index in [1.165, 1.54) is 0 Å². The molecule has 0 atom stereocenters. The molecule has 21 heavy (non-hydrogen) atoms. The zero-order valence-corrected chi connectivity index (χ0v) is 12.0. The minimum absolute atomic E-state index is 0.134. The number of aromatic nitrogens is 3. The van der Waals surface area contributed by atoms with Crippen LogP contribution in [0.5, 0.6) is 0 Å². The summed E-state index contributed by atoms with van der Waals surface area (Å²) in [6.45, 7) is 3.96. The first-order valence-electron chi connectivity index (χ1n) is 6.88. The van der Waals surface area contributed by atoms with Gasteiger partial charge in [-0.15, -0.1) is 0 Å². The Morgan fingerprint density at radius 3 is 2.86 bits per heavy atom. The number of aryl methyl sites for hydroxylation is 2. The molecule has 1 aromatic carbocycles. The second-order valence-electron chi connectivity index (χ2n) is 4.90. The molecule has 0 bridgehead atoms. The van der Waals surface area contributed by atoms with E-state index >= 15 is 0 Å². The van der Waals surface area contributed by atoms with Gasteiger partial charge in [0.15, 0.2) is 0 Å². The lowest BCUT2D eigenvalue weighted by molar-refractivity contribution is 0.102. The predicted octanol–water partition coefficient (Wildman–Crippen LogP) is 2.85. The van der Waals surface area contributed by atoms with Crippen molar-refractivity contribution in [3.05, 3.63) is 59.7 Å². The summed E-state index contributed by atoms with van der Waals surface area (Å²) < 4.78 is 1.83. The average Bonchev–Trinajstić information content (AvgIpc) is 2.90. The van der Waals surface area contributed by atoms with E-state index < -0.39 is 0 Å². The summed E-state index contributed by atoms with van der Waals surface area (Å²) in [5, 5.41) is 2.87. The number of nitrogens with one attached hydrogen (secondary N) is 1. The van der Waals surface area contributed by atoms with Gasteiger partial charge in [0.1, 0.15) is 0 Å². The Balaban J connectivity index is 1.87. The third kappa shape index (κ3) is 2.63. The molecule has 5 heteroatoms. The number of anilines is 1. The fraction of sp³-hybridized carbons (Fsp3) is 0.188. The first kappa shape index (κ1) is 13.3. The number of rotatable bonds is 3. The molecular formula is C16H16N4O. The molecule has 0 fully saturated rings. The van der Waals surface area contributed by atoms with Crippen LogP contribution in [0.15, 0.2) is 42.9 Å². The van der Waals surface area contributed by atoms with Crippen molar-refractivity contribution in [3.8, 4) is 0 Å². The number of benzene rings is 1. The molecule has 0 aliphatic carbocycles. The molecule has 0 unspecified atom stereocenters. The molecular weight excluding hydrogens is 264 g/mol. The van der Waals surface area contributed by atoms with Crippen molar-refractivity contribution in [3.63, 3.8) is 0 Å². The summed E-state index contributed by atoms with van der Waals surface area (Å²) in [6, 6.07) is 7.49. The highest BCUT2D eigenvalue weighted by molar-refractivity contribution is 6.05. The van der Waals surface area contributed by atoms with E-state index in [2.05, 4.69) is 15.3 Å². The highest BCUT2D eigenvalue weighted by Crippen LogP contribution is 2.13. The van der Waals surface area contributed by atoms with E-state index in [9.17, 15) is 4.79 Å². The average molecular weight is 280 g/mol. The van der Waals surface area contributed by atoms with Crippen LogP contribution in [0.1, 0.15) is 28.5 Å². The lowest BCUT2D eigenvalue weighted by Crippen LogP contribution is -2.13. The van der Waals surface area contributed by atoms with E-state index in [0.717, 1.165) is 17.7 Å². The number of nitrogens with zero attached hydrogens (tertiary/aromatic N) is 3. The zero-order chi connectivity index (χ0) is 14.8. The number of hydrogen-bond acceptors (Lipinski definition) is 3. The van der Waals surface area contributed by atoms with Gasteiger partial charge in [0, 0.05) is 18.0 Å². The lowest BCUT2D eigenvalue weighted by Gasteiger charge is -2.07. The quantitative estimate of drug-likeness (QED) is 0.802. The van der Waals surface area contributed by atoms with Gasteiger partial charge < -0.3 is 5.32 Å². The smallest absolute Gasteiger partial charge is 0.256 e. The number of fused-ring (bicyclic) bond motifs is 1. The molecule has 0 saturated carbocycles. The van der Waals surface area contributed by atoms with Gasteiger partial charge in [-0.25, -0.2) is 9.97 Å². The summed E-state index contributed by atoms with van der Waals surface area (Å²) in [5.41, 5.74) is 3.23. The summed E-state index contributed by atoms with van der Waals surface area (Å²) >= 11 is 0. The van der Waals surface area contributed by atoms with Crippen LogP contribution < -0.4 is 5.32 Å². The van der Waals surface area contributed by atoms with Gasteiger partial charge in [-0.3, -0.25) is 9.20 Å². The molecule has 5 nitrogen and oxygen atoms in total. The van der Waals surface area contributed by atoms with E-state index in [1.807, 2.05) is 54.9 Å². The van der Waals surface area contributed by atoms with Crippen molar-refractivity contribution >= 4 is 17.4 Å². The van der Waals surface area contributed by atoms with Gasteiger partial charge in [0.25, 0.3) is 5.91 Å². The van der Waals surface area contributed by atoms with Gasteiger partial charge in [-0.1, -0.05) is 25.1 Å². The van der Waals surface area contributed by atoms with Crippen LogP contribution in [0.3, 0.4) is 0 Å². The van der Waals surface area contributed by atoms with Gasteiger partial charge in [-0.2, -0.15) is 0 Å². The second kappa shape index (κ2) is 5.36. The Hall–Kier alpha value is -2.69. The zero-order valence-electron chi connectivity index (χ0n) is 12.0. The van der Waals surface area contributed by atoms with E-state index in [-0.39, 0.29) is 5.91 Å². The highest BCUT2D eigenvalue weighted by atomic mass is 16.1. The van der Waals surface area contributed by atoms with Gasteiger partial charge in [0.2, 0.25) is 5.78 Å². The number of amides is 1. The third-order valence-corrected chi connectivity index (χ3v) is 3.37. The molecule has 1 amide bonds. The Morgan fingerprint density at radius 1 is 1.29 bits per heavy atom. The van der Waals surface area contributed by atoms with Gasteiger partial charge >= 0.3 is 0 Å². The molecule has 2 aromatic heterocycles. The minimum atomic E-state index is -0.134. The molecule has 106 valence electrons. The predicted molar refractivity (Wildman–Crippen MR) is 81.5 cm³/mol. The molecule has 2 heterocycles. The van der Waals surface area contributed by atoms with E-state index in [0.29, 0.717) is 17.0 Å². The standard InChI is InChI=1S/C16H16N4O/c1-3-12-9-20-10-13(8-17-16(20)19-12)18-15(21)14-7-5-4-6-11(14)2/h4-10H,3H2,1-2H3,(H,18,21). The molecule has 0 aliphatic rings. The van der Waals surface area contributed by atoms with Crippen LogP contribution in [0.4, 0.5) is 5.69 Å². The maximum atomic E-state index is 12.3. The number of imidazole rings is 1. The maximum Gasteiger partial charge on any atom is 0.256 e. The summed E-state index contributed by atoms with van der Waals surface area (Å²) in [4.78, 5) is 20.9. The largest absolute Gasteiger partial charge is 0.319 e. The highest BCUT2D eigenvalue weighted by Gasteiger charge is 2.09. The fourth-order valence-electron chi connectivity index (χ4n) is 2.20. The van der Waals surface area contributed by atoms with Crippen molar-refractivity contribution in [1.82, 2.24) is 14.4 Å². The van der Waals surface area contributed by atoms with Crippen LogP contribution >= 0.6 is 0 Å². The van der Waals surface area contributed by atoms with Crippen LogP contribution in [-0.2, 0) is 6.42 Å². The minimum Gasteiger partial charge on any atom is -0.319 e. The monoisotopic (exact) mass is 280 g/mol. The normalized spacial score (nSPS) is 10.8. The van der Waals surface area contributed by atoms with Gasteiger partial charge in [-0.05, 0) is 25.0 Å². The Kier molecular flexibility index (Phi) is 3.39. The molecule has 0 spiro atoms. The fourth-order valence-corrected chi connectivity index (χ4v) is 2.20. The third-order valence-electron chi connectivity index (χ3n) is 3.37. The molecule has 0 radical (unpaired) electrons. The van der Waals surface area contributed by atoms with Crippen molar-refractivity contribution in [2.75, 3.05) is 5.32 Å². The van der Waals surface area contributed by atoms with Crippen molar-refractivity contribution in [1.29, 1.82) is 0 Å². The van der Waals surface area contributed by atoms with Crippen LogP contribution in [0.2, 0.25) is 0 Å². The molecule has 3 rings (SSSR count). The Bertz CT molecular complexity index is 807. The topological polar surface area (TPSA) is 59.3 Å². The Morgan fingerprint density at radius 2 is 2.10 bits per heavy atom. The molecule has 1 N–H and O–H groups in total. The number of carbonyl (C=O) groups excluding carboxylic acids is 1. The van der Waals surface area contributed by atoms with Crippen LogP contribution in [0, 0.1) is 6.92 Å². The Labute approximate surface area is 122 Å².